The smallest absolute Gasteiger partial charge is 0.104 e. The van der Waals surface area contributed by atoms with E-state index in [1.54, 1.807) is 0 Å². The number of benzene rings is 1. The van der Waals surface area contributed by atoms with Gasteiger partial charge in [0.1, 0.15) is 5.54 Å². The van der Waals surface area contributed by atoms with Crippen LogP contribution in [0.15, 0.2) is 53.1 Å². The minimum atomic E-state index is -1.14. The van der Waals surface area contributed by atoms with Crippen molar-refractivity contribution in [3.63, 3.8) is 0 Å². The second-order valence-electron chi connectivity index (χ2n) is 4.41. The minimum Gasteiger partial charge on any atom is -0.399 e. The van der Waals surface area contributed by atoms with Gasteiger partial charge in [-0.25, -0.2) is 0 Å². The molecular weight excluding hydrogens is 228 g/mol. The molecule has 0 aromatic heterocycles. The van der Waals surface area contributed by atoms with Crippen molar-refractivity contribution in [3.8, 4) is 0 Å². The maximum Gasteiger partial charge on any atom is 0.104 e. The molecule has 0 saturated heterocycles. The number of hydrogen-bond donors (Lipinski definition) is 6. The van der Waals surface area contributed by atoms with Gasteiger partial charge in [-0.2, -0.15) is 0 Å². The third-order valence-corrected chi connectivity index (χ3v) is 3.41. The number of nitrogens with two attached hydrogens (primary N) is 6. The maximum absolute atomic E-state index is 6.35. The molecular formula is C12H18N6. The van der Waals surface area contributed by atoms with E-state index in [2.05, 4.69) is 0 Å². The Hall–Kier alpha value is -2.18. The Bertz CT molecular complexity index is 533. The number of hydrogen-bond acceptors (Lipinski definition) is 6. The van der Waals surface area contributed by atoms with Crippen molar-refractivity contribution in [1.82, 2.24) is 0 Å². The van der Waals surface area contributed by atoms with Gasteiger partial charge in [-0.05, 0) is 5.56 Å². The Balaban J connectivity index is 2.66. The normalized spacial score (nSPS) is 28.7. The molecule has 12 N–H and O–H groups in total. The SMILES string of the molecule is NC1=C(N)C(N)C(N)(c2ccccc2)C(N)=C1N. The quantitative estimate of drug-likeness (QED) is 0.352. The lowest BCUT2D eigenvalue weighted by Gasteiger charge is -2.40. The van der Waals surface area contributed by atoms with Crippen molar-refractivity contribution < 1.29 is 0 Å². The highest BCUT2D eigenvalue weighted by atomic mass is 15.0. The lowest BCUT2D eigenvalue weighted by atomic mass is 9.75. The Kier molecular flexibility index (Phi) is 2.68. The molecule has 1 aliphatic rings. The van der Waals surface area contributed by atoms with Crippen LogP contribution in [0.2, 0.25) is 0 Å². The second kappa shape index (κ2) is 3.94. The first kappa shape index (κ1) is 12.3. The van der Waals surface area contributed by atoms with Gasteiger partial charge in [-0.1, -0.05) is 30.3 Å². The molecule has 0 aliphatic heterocycles. The van der Waals surface area contributed by atoms with E-state index < -0.39 is 11.6 Å². The molecule has 0 spiro atoms. The monoisotopic (exact) mass is 246 g/mol. The fraction of sp³-hybridized carbons (Fsp3) is 0.167. The summed E-state index contributed by atoms with van der Waals surface area (Å²) in [7, 11) is 0. The predicted molar refractivity (Wildman–Crippen MR) is 71.1 cm³/mol. The van der Waals surface area contributed by atoms with Crippen LogP contribution in [0.5, 0.6) is 0 Å². The van der Waals surface area contributed by atoms with Crippen LogP contribution in [0.4, 0.5) is 0 Å². The third kappa shape index (κ3) is 1.43. The van der Waals surface area contributed by atoms with Crippen molar-refractivity contribution in [2.75, 3.05) is 0 Å². The van der Waals surface area contributed by atoms with Gasteiger partial charge in [-0.3, -0.25) is 0 Å². The zero-order valence-electron chi connectivity index (χ0n) is 9.93. The van der Waals surface area contributed by atoms with Crippen molar-refractivity contribution in [2.24, 2.45) is 34.4 Å². The molecule has 1 aliphatic carbocycles. The molecule has 0 radical (unpaired) electrons. The molecule has 2 unspecified atom stereocenters. The molecule has 2 atom stereocenters. The summed E-state index contributed by atoms with van der Waals surface area (Å²) in [5.74, 6) is 0. The van der Waals surface area contributed by atoms with Gasteiger partial charge < -0.3 is 34.4 Å². The molecule has 96 valence electrons. The average molecular weight is 246 g/mol. The first-order valence-electron chi connectivity index (χ1n) is 5.51. The van der Waals surface area contributed by atoms with Crippen molar-refractivity contribution in [3.05, 3.63) is 58.7 Å². The van der Waals surface area contributed by atoms with Crippen LogP contribution < -0.4 is 34.4 Å². The highest BCUT2D eigenvalue weighted by Crippen LogP contribution is 2.34. The molecule has 0 bridgehead atoms. The zero-order chi connectivity index (χ0) is 13.5. The highest BCUT2D eigenvalue weighted by molar-refractivity contribution is 5.51. The van der Waals surface area contributed by atoms with Gasteiger partial charge >= 0.3 is 0 Å². The van der Waals surface area contributed by atoms with E-state index >= 15 is 0 Å². The summed E-state index contributed by atoms with van der Waals surface area (Å²) in [6, 6.07) is 8.50. The van der Waals surface area contributed by atoms with E-state index in [9.17, 15) is 0 Å². The Morgan fingerprint density at radius 1 is 0.889 bits per heavy atom. The predicted octanol–water partition coefficient (Wildman–Crippen LogP) is -1.56. The van der Waals surface area contributed by atoms with Crippen LogP contribution in [0.3, 0.4) is 0 Å². The van der Waals surface area contributed by atoms with Crippen LogP contribution in [0.25, 0.3) is 0 Å². The van der Waals surface area contributed by atoms with Crippen molar-refractivity contribution in [1.29, 1.82) is 0 Å². The highest BCUT2D eigenvalue weighted by Gasteiger charge is 2.44. The number of rotatable bonds is 1. The molecule has 6 nitrogen and oxygen atoms in total. The molecule has 0 fully saturated rings. The largest absolute Gasteiger partial charge is 0.399 e. The summed E-state index contributed by atoms with van der Waals surface area (Å²) in [4.78, 5) is 0. The second-order valence-corrected chi connectivity index (χ2v) is 4.41. The van der Waals surface area contributed by atoms with E-state index in [0.29, 0.717) is 0 Å². The van der Waals surface area contributed by atoms with E-state index in [1.807, 2.05) is 30.3 Å². The standard InChI is InChI=1S/C12H18N6/c13-7-8(14)10(16)12(18,11(17)9(7)15)6-4-2-1-3-5-6/h1-5,10H,13-18H2. The van der Waals surface area contributed by atoms with Crippen molar-refractivity contribution in [2.45, 2.75) is 11.6 Å². The summed E-state index contributed by atoms with van der Waals surface area (Å²) in [6.45, 7) is 0. The van der Waals surface area contributed by atoms with Gasteiger partial charge in [0.05, 0.1) is 28.8 Å². The average Bonchev–Trinajstić information content (AvgIpc) is 2.42. The fourth-order valence-electron chi connectivity index (χ4n) is 2.15. The van der Waals surface area contributed by atoms with Crippen molar-refractivity contribution >= 4 is 0 Å². The van der Waals surface area contributed by atoms with E-state index in [0.717, 1.165) is 5.56 Å². The fourth-order valence-corrected chi connectivity index (χ4v) is 2.15. The van der Waals surface area contributed by atoms with Gasteiger partial charge in [0.25, 0.3) is 0 Å². The third-order valence-electron chi connectivity index (χ3n) is 3.41. The summed E-state index contributed by atoms with van der Waals surface area (Å²) >= 11 is 0. The van der Waals surface area contributed by atoms with Gasteiger partial charge in [0.15, 0.2) is 0 Å². The van der Waals surface area contributed by atoms with Gasteiger partial charge in [0.2, 0.25) is 0 Å². The van der Waals surface area contributed by atoms with Gasteiger partial charge in [0, 0.05) is 0 Å². The summed E-state index contributed by atoms with van der Waals surface area (Å²) in [5.41, 5.74) is 36.4. The minimum absolute atomic E-state index is 0.195. The molecule has 6 heteroatoms. The van der Waals surface area contributed by atoms with Gasteiger partial charge in [-0.15, -0.1) is 0 Å². The first-order valence-corrected chi connectivity index (χ1v) is 5.51. The van der Waals surface area contributed by atoms with E-state index in [-0.39, 0.29) is 22.8 Å². The summed E-state index contributed by atoms with van der Waals surface area (Å²) < 4.78 is 0. The van der Waals surface area contributed by atoms with E-state index in [4.69, 9.17) is 34.4 Å². The molecule has 1 aromatic rings. The summed E-state index contributed by atoms with van der Waals surface area (Å²) in [5, 5.41) is 0. The lowest BCUT2D eigenvalue weighted by molar-refractivity contribution is 0.429. The Morgan fingerprint density at radius 3 is 2.00 bits per heavy atom. The first-order chi connectivity index (χ1) is 8.40. The maximum atomic E-state index is 6.35. The van der Waals surface area contributed by atoms with Crippen LogP contribution >= 0.6 is 0 Å². The molecule has 0 heterocycles. The molecule has 18 heavy (non-hydrogen) atoms. The topological polar surface area (TPSA) is 156 Å². The van der Waals surface area contributed by atoms with Crippen LogP contribution in [-0.4, -0.2) is 6.04 Å². The summed E-state index contributed by atoms with van der Waals surface area (Å²) in [6.07, 6.45) is 0. The van der Waals surface area contributed by atoms with Crippen LogP contribution in [0.1, 0.15) is 5.56 Å². The molecule has 0 saturated carbocycles. The Morgan fingerprint density at radius 2 is 1.44 bits per heavy atom. The lowest BCUT2D eigenvalue weighted by Crippen LogP contribution is -2.61. The molecule has 2 rings (SSSR count). The zero-order valence-corrected chi connectivity index (χ0v) is 9.93. The Labute approximate surface area is 105 Å². The van der Waals surface area contributed by atoms with Crippen LogP contribution in [-0.2, 0) is 5.54 Å². The molecule has 0 amide bonds. The van der Waals surface area contributed by atoms with E-state index in [1.165, 1.54) is 0 Å². The van der Waals surface area contributed by atoms with Crippen LogP contribution in [0, 0.1) is 0 Å². The molecule has 1 aromatic carbocycles.